The van der Waals surface area contributed by atoms with Gasteiger partial charge in [0, 0.05) is 5.75 Å². The van der Waals surface area contributed by atoms with Gasteiger partial charge in [0.05, 0.1) is 12.9 Å². The number of rotatable bonds is 5. The first-order valence-corrected chi connectivity index (χ1v) is 6.14. The molecule has 0 radical (unpaired) electrons. The molecule has 0 bridgehead atoms. The molecule has 3 N–H and O–H groups in total. The number of nitrogens with zero attached hydrogens (tertiary/aromatic N) is 3. The number of fused-ring (bicyclic) bond motifs is 1. The monoisotopic (exact) mass is 239 g/mol. The third-order valence-electron chi connectivity index (χ3n) is 1.94. The molecule has 0 aromatic carbocycles. The Kier molecular flexibility index (Phi) is 3.45. The first-order chi connectivity index (χ1) is 7.81. The number of ether oxygens (including phenoxy) is 1. The molecule has 0 aliphatic rings. The van der Waals surface area contributed by atoms with Gasteiger partial charge in [0.1, 0.15) is 5.52 Å². The Bertz CT molecular complexity index is 472. The number of imidazole rings is 1. The predicted molar refractivity (Wildman–Crippen MR) is 64.6 cm³/mol. The zero-order chi connectivity index (χ0) is 11.4. The molecular formula is C9H13N5OS. The molecule has 0 spiro atoms. The van der Waals surface area contributed by atoms with E-state index in [0.717, 1.165) is 11.5 Å². The number of aromatic amines is 1. The summed E-state index contributed by atoms with van der Waals surface area (Å²) in [5.74, 6) is 2.65. The van der Waals surface area contributed by atoms with E-state index < -0.39 is 0 Å². The second kappa shape index (κ2) is 5.02. The van der Waals surface area contributed by atoms with Crippen molar-refractivity contribution < 1.29 is 4.74 Å². The summed E-state index contributed by atoms with van der Waals surface area (Å²) < 4.78 is 5.54. The Hall–Kier alpha value is -1.50. The molecule has 7 heteroatoms. The molecule has 2 heterocycles. The maximum Gasteiger partial charge on any atom is 0.245 e. The fraction of sp³-hybridized carbons (Fsp3) is 0.444. The van der Waals surface area contributed by atoms with Gasteiger partial charge in [0.2, 0.25) is 11.8 Å². The standard InChI is InChI=1S/C9H13N5OS/c1-2-16-4-3-15-8-6-7(12-5-11-6)13-9(10)14-8/h5H,2-4H2,1H3,(H3,10,11,12,13,14). The number of nitrogens with one attached hydrogen (secondary N) is 1. The van der Waals surface area contributed by atoms with Gasteiger partial charge in [-0.15, -0.1) is 0 Å². The maximum absolute atomic E-state index is 5.55. The van der Waals surface area contributed by atoms with Crippen molar-refractivity contribution in [2.24, 2.45) is 0 Å². The predicted octanol–water partition coefficient (Wildman–Crippen LogP) is 1.07. The van der Waals surface area contributed by atoms with E-state index in [-0.39, 0.29) is 5.95 Å². The minimum Gasteiger partial charge on any atom is -0.475 e. The quantitative estimate of drug-likeness (QED) is 0.758. The molecule has 0 unspecified atom stereocenters. The van der Waals surface area contributed by atoms with Crippen LogP contribution in [0.4, 0.5) is 5.95 Å². The van der Waals surface area contributed by atoms with Gasteiger partial charge >= 0.3 is 0 Å². The van der Waals surface area contributed by atoms with E-state index in [1.807, 2.05) is 11.8 Å². The van der Waals surface area contributed by atoms with E-state index in [9.17, 15) is 0 Å². The summed E-state index contributed by atoms with van der Waals surface area (Å²) in [6.07, 6.45) is 1.55. The van der Waals surface area contributed by atoms with Gasteiger partial charge in [-0.3, -0.25) is 0 Å². The smallest absolute Gasteiger partial charge is 0.245 e. The number of anilines is 1. The van der Waals surface area contributed by atoms with Crippen molar-refractivity contribution in [1.82, 2.24) is 19.9 Å². The van der Waals surface area contributed by atoms with Crippen LogP contribution in [0, 0.1) is 0 Å². The molecule has 2 rings (SSSR count). The van der Waals surface area contributed by atoms with Crippen LogP contribution in [0.3, 0.4) is 0 Å². The van der Waals surface area contributed by atoms with Crippen LogP contribution in [-0.4, -0.2) is 38.0 Å². The van der Waals surface area contributed by atoms with Crippen LogP contribution in [0.1, 0.15) is 6.92 Å². The molecule has 16 heavy (non-hydrogen) atoms. The van der Waals surface area contributed by atoms with Gasteiger partial charge < -0.3 is 15.5 Å². The fourth-order valence-electron chi connectivity index (χ4n) is 1.27. The summed E-state index contributed by atoms with van der Waals surface area (Å²) in [5.41, 5.74) is 6.78. The van der Waals surface area contributed by atoms with E-state index in [1.165, 1.54) is 0 Å². The minimum absolute atomic E-state index is 0.178. The minimum atomic E-state index is 0.178. The van der Waals surface area contributed by atoms with Gasteiger partial charge in [0.25, 0.3) is 0 Å². The summed E-state index contributed by atoms with van der Waals surface area (Å²) >= 11 is 1.81. The molecule has 0 saturated heterocycles. The molecule has 2 aromatic rings. The molecule has 86 valence electrons. The van der Waals surface area contributed by atoms with E-state index in [2.05, 4.69) is 26.9 Å². The molecule has 0 fully saturated rings. The molecule has 0 aliphatic heterocycles. The van der Waals surface area contributed by atoms with Crippen molar-refractivity contribution in [1.29, 1.82) is 0 Å². The van der Waals surface area contributed by atoms with Crippen LogP contribution >= 0.6 is 11.8 Å². The van der Waals surface area contributed by atoms with Gasteiger partial charge in [-0.05, 0) is 5.75 Å². The van der Waals surface area contributed by atoms with Crippen LogP contribution in [-0.2, 0) is 0 Å². The molecule has 0 amide bonds. The Morgan fingerprint density at radius 1 is 1.50 bits per heavy atom. The summed E-state index contributed by atoms with van der Waals surface area (Å²) in [6, 6.07) is 0. The first kappa shape index (κ1) is 11.0. The summed E-state index contributed by atoms with van der Waals surface area (Å²) in [5, 5.41) is 0. The van der Waals surface area contributed by atoms with Gasteiger partial charge in [-0.1, -0.05) is 6.92 Å². The number of hydrogen-bond acceptors (Lipinski definition) is 6. The molecule has 0 saturated carbocycles. The summed E-state index contributed by atoms with van der Waals surface area (Å²) in [4.78, 5) is 15.0. The van der Waals surface area contributed by atoms with Crippen molar-refractivity contribution in [2.45, 2.75) is 6.92 Å². The summed E-state index contributed by atoms with van der Waals surface area (Å²) in [6.45, 7) is 2.71. The van der Waals surface area contributed by atoms with Crippen LogP contribution in [0.2, 0.25) is 0 Å². The second-order valence-electron chi connectivity index (χ2n) is 3.03. The maximum atomic E-state index is 5.55. The Labute approximate surface area is 97.0 Å². The van der Waals surface area contributed by atoms with E-state index in [1.54, 1.807) is 6.33 Å². The second-order valence-corrected chi connectivity index (χ2v) is 4.43. The topological polar surface area (TPSA) is 89.7 Å². The SMILES string of the molecule is CCSCCOc1nc(N)nc2nc[nH]c12. The number of nitrogen functional groups attached to an aromatic ring is 1. The summed E-state index contributed by atoms with van der Waals surface area (Å²) in [7, 11) is 0. The van der Waals surface area contributed by atoms with Crippen molar-refractivity contribution in [3.05, 3.63) is 6.33 Å². The molecule has 0 atom stereocenters. The lowest BCUT2D eigenvalue weighted by Crippen LogP contribution is -2.05. The van der Waals surface area contributed by atoms with Crippen LogP contribution in [0.5, 0.6) is 5.88 Å². The van der Waals surface area contributed by atoms with Gasteiger partial charge in [0.15, 0.2) is 5.65 Å². The van der Waals surface area contributed by atoms with Gasteiger partial charge in [-0.25, -0.2) is 4.98 Å². The van der Waals surface area contributed by atoms with Crippen molar-refractivity contribution in [2.75, 3.05) is 23.8 Å². The van der Waals surface area contributed by atoms with Gasteiger partial charge in [-0.2, -0.15) is 21.7 Å². The highest BCUT2D eigenvalue weighted by Gasteiger charge is 2.09. The van der Waals surface area contributed by atoms with Crippen molar-refractivity contribution >= 4 is 28.9 Å². The average Bonchev–Trinajstić information content (AvgIpc) is 2.72. The lowest BCUT2D eigenvalue weighted by molar-refractivity contribution is 0.334. The number of thioether (sulfide) groups is 1. The third kappa shape index (κ3) is 2.35. The van der Waals surface area contributed by atoms with Crippen molar-refractivity contribution in [3.8, 4) is 5.88 Å². The largest absolute Gasteiger partial charge is 0.475 e. The van der Waals surface area contributed by atoms with Crippen molar-refractivity contribution in [3.63, 3.8) is 0 Å². The van der Waals surface area contributed by atoms with E-state index >= 15 is 0 Å². The Balaban J connectivity index is 2.12. The number of nitrogens with two attached hydrogens (primary N) is 1. The first-order valence-electron chi connectivity index (χ1n) is 4.98. The number of H-pyrrole nitrogens is 1. The highest BCUT2D eigenvalue weighted by atomic mass is 32.2. The zero-order valence-corrected chi connectivity index (χ0v) is 9.75. The fourth-order valence-corrected chi connectivity index (χ4v) is 1.76. The lowest BCUT2D eigenvalue weighted by atomic mass is 10.5. The average molecular weight is 239 g/mol. The molecular weight excluding hydrogens is 226 g/mol. The van der Waals surface area contributed by atoms with Crippen LogP contribution in [0.25, 0.3) is 11.2 Å². The number of aromatic nitrogens is 4. The molecule has 6 nitrogen and oxygen atoms in total. The van der Waals surface area contributed by atoms with E-state index in [0.29, 0.717) is 23.7 Å². The number of hydrogen-bond donors (Lipinski definition) is 2. The molecule has 2 aromatic heterocycles. The Morgan fingerprint density at radius 2 is 2.38 bits per heavy atom. The Morgan fingerprint density at radius 3 is 3.19 bits per heavy atom. The highest BCUT2D eigenvalue weighted by molar-refractivity contribution is 7.99. The molecule has 0 aliphatic carbocycles. The van der Waals surface area contributed by atoms with Crippen LogP contribution in [0.15, 0.2) is 6.33 Å². The van der Waals surface area contributed by atoms with E-state index in [4.69, 9.17) is 10.5 Å². The highest BCUT2D eigenvalue weighted by Crippen LogP contribution is 2.19. The zero-order valence-electron chi connectivity index (χ0n) is 8.93. The normalized spacial score (nSPS) is 10.8. The third-order valence-corrected chi connectivity index (χ3v) is 2.80. The lowest BCUT2D eigenvalue weighted by Gasteiger charge is -2.05. The van der Waals surface area contributed by atoms with Crippen LogP contribution < -0.4 is 10.5 Å².